The fourth-order valence-electron chi connectivity index (χ4n) is 1.46. The minimum absolute atomic E-state index is 0.0880. The molecule has 18 heavy (non-hydrogen) atoms. The smallest absolute Gasteiger partial charge is 0.153 e. The standard InChI is InChI=1S/C15H18O3/c1-12(2)14(17-3)9-6-10-18-15-8-5-4-7-13(15)11-16/h4-5,7-8,11-12,14H,10H2,1-3H3. The monoisotopic (exact) mass is 246 g/mol. The number of carbonyl (C=O) groups excluding carboxylic acids is 1. The van der Waals surface area contributed by atoms with Crippen molar-refractivity contribution in [2.75, 3.05) is 13.7 Å². The second kappa shape index (κ2) is 7.52. The highest BCUT2D eigenvalue weighted by Gasteiger charge is 2.07. The summed E-state index contributed by atoms with van der Waals surface area (Å²) in [6.07, 6.45) is 0.685. The average molecular weight is 246 g/mol. The molecule has 0 aliphatic heterocycles. The molecule has 1 atom stereocenters. The molecule has 0 amide bonds. The zero-order valence-corrected chi connectivity index (χ0v) is 11.0. The van der Waals surface area contributed by atoms with E-state index >= 15 is 0 Å². The molecule has 1 unspecified atom stereocenters. The Bertz CT molecular complexity index is 441. The first-order chi connectivity index (χ1) is 8.69. The van der Waals surface area contributed by atoms with E-state index in [-0.39, 0.29) is 12.7 Å². The van der Waals surface area contributed by atoms with Crippen LogP contribution < -0.4 is 4.74 Å². The van der Waals surface area contributed by atoms with Crippen molar-refractivity contribution < 1.29 is 14.3 Å². The maximum atomic E-state index is 10.8. The van der Waals surface area contributed by atoms with Gasteiger partial charge in [-0.1, -0.05) is 37.8 Å². The maximum absolute atomic E-state index is 10.8. The van der Waals surface area contributed by atoms with E-state index in [0.717, 1.165) is 6.29 Å². The zero-order chi connectivity index (χ0) is 13.4. The molecule has 0 aliphatic carbocycles. The van der Waals surface area contributed by atoms with Crippen LogP contribution >= 0.6 is 0 Å². The van der Waals surface area contributed by atoms with Crippen molar-refractivity contribution >= 4 is 6.29 Å². The van der Waals surface area contributed by atoms with E-state index in [2.05, 4.69) is 11.8 Å². The van der Waals surface area contributed by atoms with Gasteiger partial charge in [-0.3, -0.25) is 4.79 Å². The summed E-state index contributed by atoms with van der Waals surface area (Å²) in [7, 11) is 1.64. The third kappa shape index (κ3) is 4.23. The summed E-state index contributed by atoms with van der Waals surface area (Å²) in [5.74, 6) is 6.79. The molecule has 3 nitrogen and oxygen atoms in total. The SMILES string of the molecule is COC(C#CCOc1ccccc1C=O)C(C)C. The Labute approximate surface area is 108 Å². The molecule has 0 aromatic heterocycles. The topological polar surface area (TPSA) is 35.5 Å². The van der Waals surface area contributed by atoms with Gasteiger partial charge in [0.25, 0.3) is 0 Å². The van der Waals surface area contributed by atoms with Crippen molar-refractivity contribution in [2.24, 2.45) is 5.92 Å². The molecule has 0 bridgehead atoms. The van der Waals surface area contributed by atoms with Crippen molar-refractivity contribution in [3.63, 3.8) is 0 Å². The predicted molar refractivity (Wildman–Crippen MR) is 70.7 cm³/mol. The first-order valence-electron chi connectivity index (χ1n) is 5.87. The van der Waals surface area contributed by atoms with Crippen molar-refractivity contribution in [3.05, 3.63) is 29.8 Å². The van der Waals surface area contributed by atoms with Gasteiger partial charge in [0.2, 0.25) is 0 Å². The van der Waals surface area contributed by atoms with Gasteiger partial charge < -0.3 is 9.47 Å². The predicted octanol–water partition coefficient (Wildman–Crippen LogP) is 2.55. The summed E-state index contributed by atoms with van der Waals surface area (Å²) in [4.78, 5) is 10.8. The zero-order valence-electron chi connectivity index (χ0n) is 11.0. The van der Waals surface area contributed by atoms with Crippen LogP contribution in [-0.2, 0) is 4.74 Å². The van der Waals surface area contributed by atoms with Crippen LogP contribution in [-0.4, -0.2) is 26.1 Å². The molecule has 0 heterocycles. The van der Waals surface area contributed by atoms with Crippen LogP contribution in [0.1, 0.15) is 24.2 Å². The lowest BCUT2D eigenvalue weighted by atomic mass is 10.1. The number of ether oxygens (including phenoxy) is 2. The van der Waals surface area contributed by atoms with Crippen LogP contribution in [0.3, 0.4) is 0 Å². The van der Waals surface area contributed by atoms with E-state index in [1.165, 1.54) is 0 Å². The van der Waals surface area contributed by atoms with Gasteiger partial charge in [0.15, 0.2) is 6.29 Å². The number of carbonyl (C=O) groups is 1. The molecule has 0 radical (unpaired) electrons. The summed E-state index contributed by atoms with van der Waals surface area (Å²) >= 11 is 0. The van der Waals surface area contributed by atoms with Crippen LogP contribution in [0.25, 0.3) is 0 Å². The second-order valence-electron chi connectivity index (χ2n) is 4.17. The van der Waals surface area contributed by atoms with Crippen LogP contribution in [0, 0.1) is 17.8 Å². The van der Waals surface area contributed by atoms with Gasteiger partial charge in [-0.05, 0) is 18.1 Å². The van der Waals surface area contributed by atoms with E-state index in [0.29, 0.717) is 17.2 Å². The first-order valence-corrected chi connectivity index (χ1v) is 5.87. The Morgan fingerprint density at radius 3 is 2.67 bits per heavy atom. The molecule has 0 saturated carbocycles. The van der Waals surface area contributed by atoms with Crippen molar-refractivity contribution in [1.29, 1.82) is 0 Å². The van der Waals surface area contributed by atoms with E-state index in [4.69, 9.17) is 9.47 Å². The molecule has 1 rings (SSSR count). The molecule has 0 fully saturated rings. The molecule has 1 aromatic rings. The molecular weight excluding hydrogens is 228 g/mol. The Kier molecular flexibility index (Phi) is 5.96. The van der Waals surface area contributed by atoms with E-state index in [1.54, 1.807) is 25.3 Å². The van der Waals surface area contributed by atoms with Crippen LogP contribution in [0.2, 0.25) is 0 Å². The largest absolute Gasteiger partial charge is 0.480 e. The molecule has 1 aromatic carbocycles. The van der Waals surface area contributed by atoms with Gasteiger partial charge in [0.1, 0.15) is 18.5 Å². The van der Waals surface area contributed by atoms with E-state index < -0.39 is 0 Å². The van der Waals surface area contributed by atoms with Crippen molar-refractivity contribution in [3.8, 4) is 17.6 Å². The molecule has 0 aliphatic rings. The molecular formula is C15H18O3. The van der Waals surface area contributed by atoms with Crippen molar-refractivity contribution in [1.82, 2.24) is 0 Å². The summed E-state index contributed by atoms with van der Waals surface area (Å²) in [5.41, 5.74) is 0.534. The number of hydrogen-bond acceptors (Lipinski definition) is 3. The average Bonchev–Trinajstić information content (AvgIpc) is 2.38. The minimum atomic E-state index is -0.0880. The minimum Gasteiger partial charge on any atom is -0.480 e. The second-order valence-corrected chi connectivity index (χ2v) is 4.17. The summed E-state index contributed by atoms with van der Waals surface area (Å²) in [6.45, 7) is 4.34. The van der Waals surface area contributed by atoms with Crippen molar-refractivity contribution in [2.45, 2.75) is 20.0 Å². The normalized spacial score (nSPS) is 11.6. The third-order valence-corrected chi connectivity index (χ3v) is 2.45. The molecule has 0 N–H and O–H groups in total. The van der Waals surface area contributed by atoms with Gasteiger partial charge in [0, 0.05) is 7.11 Å². The highest BCUT2D eigenvalue weighted by atomic mass is 16.5. The third-order valence-electron chi connectivity index (χ3n) is 2.45. The molecule has 96 valence electrons. The highest BCUT2D eigenvalue weighted by molar-refractivity contribution is 5.79. The van der Waals surface area contributed by atoms with Gasteiger partial charge in [-0.2, -0.15) is 0 Å². The molecule has 0 saturated heterocycles. The van der Waals surface area contributed by atoms with Gasteiger partial charge in [0.05, 0.1) is 5.56 Å². The van der Waals surface area contributed by atoms with E-state index in [9.17, 15) is 4.79 Å². The quantitative estimate of drug-likeness (QED) is 0.591. The molecule has 3 heteroatoms. The van der Waals surface area contributed by atoms with Crippen LogP contribution in [0.4, 0.5) is 0 Å². The van der Waals surface area contributed by atoms with Crippen LogP contribution in [0.5, 0.6) is 5.75 Å². The number of benzene rings is 1. The maximum Gasteiger partial charge on any atom is 0.153 e. The fraction of sp³-hybridized carbons (Fsp3) is 0.400. The number of para-hydroxylation sites is 1. The van der Waals surface area contributed by atoms with Crippen LogP contribution in [0.15, 0.2) is 24.3 Å². The number of hydrogen-bond donors (Lipinski definition) is 0. The van der Waals surface area contributed by atoms with Gasteiger partial charge in [-0.25, -0.2) is 0 Å². The number of aldehydes is 1. The summed E-state index contributed by atoms with van der Waals surface area (Å²) < 4.78 is 10.7. The Balaban J connectivity index is 2.56. The number of methoxy groups -OCH3 is 1. The Hall–Kier alpha value is -1.79. The highest BCUT2D eigenvalue weighted by Crippen LogP contribution is 2.15. The Morgan fingerprint density at radius 1 is 1.33 bits per heavy atom. The van der Waals surface area contributed by atoms with Gasteiger partial charge in [-0.15, -0.1) is 0 Å². The Morgan fingerprint density at radius 2 is 2.06 bits per heavy atom. The summed E-state index contributed by atoms with van der Waals surface area (Å²) in [5, 5.41) is 0. The van der Waals surface area contributed by atoms with Gasteiger partial charge >= 0.3 is 0 Å². The first kappa shape index (κ1) is 14.3. The lowest BCUT2D eigenvalue weighted by molar-refractivity contribution is 0.111. The van der Waals surface area contributed by atoms with E-state index in [1.807, 2.05) is 19.9 Å². The lowest BCUT2D eigenvalue weighted by Gasteiger charge is -2.11. The number of rotatable bonds is 5. The summed E-state index contributed by atoms with van der Waals surface area (Å²) in [6, 6.07) is 7.08. The fourth-order valence-corrected chi connectivity index (χ4v) is 1.46. The molecule has 0 spiro atoms. The lowest BCUT2D eigenvalue weighted by Crippen LogP contribution is -2.15.